The van der Waals surface area contributed by atoms with E-state index in [1.807, 2.05) is 24.3 Å². The molecule has 1 atom stereocenters. The van der Waals surface area contributed by atoms with Crippen LogP contribution >= 0.6 is 23.2 Å². The molecule has 3 heteroatoms. The summed E-state index contributed by atoms with van der Waals surface area (Å²) >= 11 is 11.4. The smallest absolute Gasteiger partial charge is 0.0473 e. The van der Waals surface area contributed by atoms with Gasteiger partial charge < -0.3 is 5.11 Å². The van der Waals surface area contributed by atoms with Gasteiger partial charge >= 0.3 is 0 Å². The zero-order chi connectivity index (χ0) is 9.68. The second kappa shape index (κ2) is 5.48. The van der Waals surface area contributed by atoms with Gasteiger partial charge in [0.1, 0.15) is 0 Å². The van der Waals surface area contributed by atoms with Crippen molar-refractivity contribution in [1.82, 2.24) is 0 Å². The third-order valence-electron chi connectivity index (χ3n) is 1.91. The molecule has 0 spiro atoms. The van der Waals surface area contributed by atoms with E-state index in [9.17, 15) is 0 Å². The molecule has 1 rings (SSSR count). The van der Waals surface area contributed by atoms with Crippen molar-refractivity contribution in [2.75, 3.05) is 12.5 Å². The number of hydrogen-bond acceptors (Lipinski definition) is 1. The minimum absolute atomic E-state index is 0.131. The van der Waals surface area contributed by atoms with Gasteiger partial charge in [-0.2, -0.15) is 0 Å². The summed E-state index contributed by atoms with van der Waals surface area (Å²) in [6.07, 6.45) is 0.803. The van der Waals surface area contributed by atoms with Crippen molar-refractivity contribution in [3.63, 3.8) is 0 Å². The standard InChI is InChI=1S/C10H12Cl2O/c11-6-9(7-13)5-8-1-3-10(12)4-2-8/h1-4,9,13H,5-7H2. The van der Waals surface area contributed by atoms with Crippen LogP contribution in [0, 0.1) is 5.92 Å². The van der Waals surface area contributed by atoms with Crippen molar-refractivity contribution in [3.8, 4) is 0 Å². The van der Waals surface area contributed by atoms with Crippen LogP contribution in [0.5, 0.6) is 0 Å². The minimum Gasteiger partial charge on any atom is -0.396 e. The Labute approximate surface area is 88.3 Å². The maximum atomic E-state index is 8.93. The Morgan fingerprint density at radius 1 is 1.23 bits per heavy atom. The summed E-state index contributed by atoms with van der Waals surface area (Å²) in [5.41, 5.74) is 1.16. The molecule has 1 unspecified atom stereocenters. The van der Waals surface area contributed by atoms with Gasteiger partial charge in [0.2, 0.25) is 0 Å². The van der Waals surface area contributed by atoms with E-state index in [0.29, 0.717) is 5.88 Å². The highest BCUT2D eigenvalue weighted by Gasteiger charge is 2.06. The fourth-order valence-electron chi connectivity index (χ4n) is 1.12. The summed E-state index contributed by atoms with van der Waals surface area (Å²) < 4.78 is 0. The first kappa shape index (κ1) is 10.8. The molecule has 1 aromatic carbocycles. The predicted octanol–water partition coefficient (Wildman–Crippen LogP) is 2.73. The maximum absolute atomic E-state index is 8.93. The molecule has 0 fully saturated rings. The maximum Gasteiger partial charge on any atom is 0.0473 e. The largest absolute Gasteiger partial charge is 0.396 e. The minimum atomic E-state index is 0.131. The quantitative estimate of drug-likeness (QED) is 0.772. The summed E-state index contributed by atoms with van der Waals surface area (Å²) in [5.74, 6) is 0.627. The molecule has 13 heavy (non-hydrogen) atoms. The van der Waals surface area contributed by atoms with Crippen LogP contribution in [0.3, 0.4) is 0 Å². The highest BCUT2D eigenvalue weighted by molar-refractivity contribution is 6.30. The Morgan fingerprint density at radius 3 is 2.31 bits per heavy atom. The van der Waals surface area contributed by atoms with Crippen molar-refractivity contribution >= 4 is 23.2 Å². The van der Waals surface area contributed by atoms with Crippen molar-refractivity contribution < 1.29 is 5.11 Å². The summed E-state index contributed by atoms with van der Waals surface area (Å²) in [5, 5.41) is 9.66. The van der Waals surface area contributed by atoms with Crippen molar-refractivity contribution in [3.05, 3.63) is 34.9 Å². The van der Waals surface area contributed by atoms with E-state index >= 15 is 0 Å². The summed E-state index contributed by atoms with van der Waals surface area (Å²) in [6, 6.07) is 7.61. The molecule has 0 bridgehead atoms. The number of halogens is 2. The van der Waals surface area contributed by atoms with Gasteiger partial charge in [-0.3, -0.25) is 0 Å². The van der Waals surface area contributed by atoms with E-state index in [1.54, 1.807) is 0 Å². The molecule has 0 heterocycles. The molecule has 0 saturated heterocycles. The van der Waals surface area contributed by atoms with Gasteiger partial charge in [0.25, 0.3) is 0 Å². The topological polar surface area (TPSA) is 20.2 Å². The van der Waals surface area contributed by atoms with Crippen LogP contribution in [-0.4, -0.2) is 17.6 Å². The molecular formula is C10H12Cl2O. The van der Waals surface area contributed by atoms with Crippen molar-refractivity contribution in [1.29, 1.82) is 0 Å². The Hall–Kier alpha value is -0.240. The van der Waals surface area contributed by atoms with E-state index in [2.05, 4.69) is 0 Å². The second-order valence-corrected chi connectivity index (χ2v) is 3.78. The average Bonchev–Trinajstić information content (AvgIpc) is 2.17. The van der Waals surface area contributed by atoms with Crippen LogP contribution in [0.2, 0.25) is 5.02 Å². The molecule has 0 aliphatic rings. The molecule has 0 saturated carbocycles. The highest BCUT2D eigenvalue weighted by atomic mass is 35.5. The number of rotatable bonds is 4. The average molecular weight is 219 g/mol. The van der Waals surface area contributed by atoms with E-state index < -0.39 is 0 Å². The highest BCUT2D eigenvalue weighted by Crippen LogP contribution is 2.13. The number of hydrogen-bond donors (Lipinski definition) is 1. The molecule has 1 aromatic rings. The number of aliphatic hydroxyl groups excluding tert-OH is 1. The molecule has 0 amide bonds. The first-order valence-corrected chi connectivity index (χ1v) is 5.08. The second-order valence-electron chi connectivity index (χ2n) is 3.03. The summed E-state index contributed by atoms with van der Waals surface area (Å²) in [7, 11) is 0. The zero-order valence-corrected chi connectivity index (χ0v) is 8.72. The van der Waals surface area contributed by atoms with Crippen LogP contribution in [0.25, 0.3) is 0 Å². The fourth-order valence-corrected chi connectivity index (χ4v) is 1.45. The van der Waals surface area contributed by atoms with E-state index in [1.165, 1.54) is 0 Å². The predicted molar refractivity (Wildman–Crippen MR) is 56.5 cm³/mol. The molecule has 1 nitrogen and oxygen atoms in total. The van der Waals surface area contributed by atoms with E-state index in [-0.39, 0.29) is 12.5 Å². The zero-order valence-electron chi connectivity index (χ0n) is 7.21. The van der Waals surface area contributed by atoms with Gasteiger partial charge in [0.05, 0.1) is 0 Å². The molecular weight excluding hydrogens is 207 g/mol. The molecule has 0 radical (unpaired) electrons. The third-order valence-corrected chi connectivity index (χ3v) is 2.60. The molecule has 0 aliphatic heterocycles. The van der Waals surface area contributed by atoms with Gasteiger partial charge in [-0.05, 0) is 30.0 Å². The van der Waals surface area contributed by atoms with Crippen LogP contribution in [0.1, 0.15) is 5.56 Å². The monoisotopic (exact) mass is 218 g/mol. The molecule has 0 aliphatic carbocycles. The normalized spacial score (nSPS) is 12.8. The Kier molecular flexibility index (Phi) is 4.57. The Balaban J connectivity index is 2.58. The van der Waals surface area contributed by atoms with E-state index in [0.717, 1.165) is 17.0 Å². The Bertz CT molecular complexity index is 242. The van der Waals surface area contributed by atoms with Gasteiger partial charge in [-0.25, -0.2) is 0 Å². The van der Waals surface area contributed by atoms with Crippen molar-refractivity contribution in [2.24, 2.45) is 5.92 Å². The van der Waals surface area contributed by atoms with Gasteiger partial charge in [-0.15, -0.1) is 11.6 Å². The van der Waals surface area contributed by atoms with Gasteiger partial charge in [-0.1, -0.05) is 23.7 Å². The number of alkyl halides is 1. The van der Waals surface area contributed by atoms with Crippen LogP contribution in [-0.2, 0) is 6.42 Å². The first-order valence-electron chi connectivity index (χ1n) is 4.17. The van der Waals surface area contributed by atoms with Gasteiger partial charge in [0, 0.05) is 17.5 Å². The lowest BCUT2D eigenvalue weighted by molar-refractivity contribution is 0.239. The number of aliphatic hydroxyl groups is 1. The van der Waals surface area contributed by atoms with Crippen LogP contribution in [0.4, 0.5) is 0 Å². The molecule has 72 valence electrons. The van der Waals surface area contributed by atoms with E-state index in [4.69, 9.17) is 28.3 Å². The summed E-state index contributed by atoms with van der Waals surface area (Å²) in [4.78, 5) is 0. The lowest BCUT2D eigenvalue weighted by atomic mass is 10.0. The number of benzene rings is 1. The van der Waals surface area contributed by atoms with Crippen LogP contribution in [0.15, 0.2) is 24.3 Å². The fraction of sp³-hybridized carbons (Fsp3) is 0.400. The lowest BCUT2D eigenvalue weighted by Gasteiger charge is -2.09. The van der Waals surface area contributed by atoms with Gasteiger partial charge in [0.15, 0.2) is 0 Å². The van der Waals surface area contributed by atoms with Crippen LogP contribution < -0.4 is 0 Å². The summed E-state index contributed by atoms with van der Waals surface area (Å²) in [6.45, 7) is 0.131. The lowest BCUT2D eigenvalue weighted by Crippen LogP contribution is -2.10. The molecule has 1 N–H and O–H groups in total. The third kappa shape index (κ3) is 3.55. The van der Waals surface area contributed by atoms with Crippen molar-refractivity contribution in [2.45, 2.75) is 6.42 Å². The SMILES string of the molecule is OCC(CCl)Cc1ccc(Cl)cc1. The Morgan fingerprint density at radius 2 is 1.85 bits per heavy atom. The molecule has 0 aromatic heterocycles. The first-order chi connectivity index (χ1) is 6.26.